The highest BCUT2D eigenvalue weighted by atomic mass is 15.2. The van der Waals surface area contributed by atoms with Crippen LogP contribution in [0.4, 0.5) is 0 Å². The summed E-state index contributed by atoms with van der Waals surface area (Å²) in [5.74, 6) is 0. The summed E-state index contributed by atoms with van der Waals surface area (Å²) in [6, 6.07) is 3.17. The fourth-order valence-electron chi connectivity index (χ4n) is 2.56. The molecule has 2 rings (SSSR count). The monoisotopic (exact) mass is 190 g/mol. The van der Waals surface area contributed by atoms with E-state index in [-0.39, 0.29) is 6.04 Å². The molecule has 0 aromatic carbocycles. The largest absolute Gasteiger partial charge is 0.282 e. The molecule has 1 aliphatic heterocycles. The van der Waals surface area contributed by atoms with Crippen molar-refractivity contribution in [1.82, 2.24) is 4.90 Å². The molecule has 14 heavy (non-hydrogen) atoms. The Morgan fingerprint density at radius 1 is 1.21 bits per heavy atom. The molecule has 0 radical (unpaired) electrons. The third-order valence-electron chi connectivity index (χ3n) is 3.35. The van der Waals surface area contributed by atoms with Crippen LogP contribution in [0.1, 0.15) is 38.5 Å². The molecular weight excluding hydrogens is 172 g/mol. The highest BCUT2D eigenvalue weighted by molar-refractivity contribution is 5.04. The second-order valence-corrected chi connectivity index (χ2v) is 4.30. The van der Waals surface area contributed by atoms with Crippen LogP contribution in [-0.4, -0.2) is 23.5 Å². The molecule has 2 nitrogen and oxygen atoms in total. The molecule has 2 aliphatic rings. The van der Waals surface area contributed by atoms with Gasteiger partial charge in [-0.3, -0.25) is 4.90 Å². The van der Waals surface area contributed by atoms with Gasteiger partial charge in [0.15, 0.2) is 0 Å². The second-order valence-electron chi connectivity index (χ2n) is 4.30. The van der Waals surface area contributed by atoms with Crippen LogP contribution in [-0.2, 0) is 0 Å². The Morgan fingerprint density at radius 3 is 2.86 bits per heavy atom. The van der Waals surface area contributed by atoms with E-state index in [0.29, 0.717) is 6.04 Å². The first-order valence-corrected chi connectivity index (χ1v) is 5.74. The van der Waals surface area contributed by atoms with Crippen molar-refractivity contribution in [3.05, 3.63) is 12.2 Å². The molecule has 0 saturated carbocycles. The van der Waals surface area contributed by atoms with Crippen LogP contribution in [0, 0.1) is 11.3 Å². The number of allylic oxidation sites excluding steroid dienone is 1. The Balaban J connectivity index is 2.03. The predicted molar refractivity (Wildman–Crippen MR) is 56.7 cm³/mol. The normalized spacial score (nSPS) is 33.9. The second kappa shape index (κ2) is 4.61. The number of hydrogen-bond acceptors (Lipinski definition) is 2. The van der Waals surface area contributed by atoms with E-state index in [1.807, 2.05) is 0 Å². The van der Waals surface area contributed by atoms with Gasteiger partial charge in [0.2, 0.25) is 0 Å². The van der Waals surface area contributed by atoms with E-state index < -0.39 is 0 Å². The molecule has 1 saturated heterocycles. The summed E-state index contributed by atoms with van der Waals surface area (Å²) >= 11 is 0. The molecule has 0 N–H and O–H groups in total. The van der Waals surface area contributed by atoms with Crippen molar-refractivity contribution in [3.63, 3.8) is 0 Å². The van der Waals surface area contributed by atoms with E-state index in [4.69, 9.17) is 5.26 Å². The van der Waals surface area contributed by atoms with Crippen LogP contribution < -0.4 is 0 Å². The van der Waals surface area contributed by atoms with E-state index in [1.54, 1.807) is 0 Å². The summed E-state index contributed by atoms with van der Waals surface area (Å²) in [4.78, 5) is 2.40. The van der Waals surface area contributed by atoms with Crippen molar-refractivity contribution in [3.8, 4) is 6.07 Å². The Morgan fingerprint density at radius 2 is 2.14 bits per heavy atom. The number of hydrogen-bond donors (Lipinski definition) is 0. The van der Waals surface area contributed by atoms with Crippen LogP contribution in [0.2, 0.25) is 0 Å². The molecule has 1 heterocycles. The van der Waals surface area contributed by atoms with Gasteiger partial charge in [0.25, 0.3) is 0 Å². The molecule has 1 aliphatic carbocycles. The average molecular weight is 190 g/mol. The quantitative estimate of drug-likeness (QED) is 0.594. The van der Waals surface area contributed by atoms with Gasteiger partial charge in [0, 0.05) is 6.04 Å². The van der Waals surface area contributed by atoms with E-state index in [1.165, 1.54) is 32.1 Å². The van der Waals surface area contributed by atoms with Gasteiger partial charge in [0.05, 0.1) is 12.1 Å². The lowest BCUT2D eigenvalue weighted by Gasteiger charge is -2.37. The van der Waals surface area contributed by atoms with Crippen molar-refractivity contribution in [2.24, 2.45) is 0 Å². The molecule has 76 valence electrons. The first-order valence-electron chi connectivity index (χ1n) is 5.74. The first kappa shape index (κ1) is 9.73. The lowest BCUT2D eigenvalue weighted by Crippen LogP contribution is -2.45. The van der Waals surface area contributed by atoms with E-state index in [9.17, 15) is 0 Å². The average Bonchev–Trinajstić information content (AvgIpc) is 2.30. The minimum Gasteiger partial charge on any atom is -0.282 e. The molecule has 2 atom stereocenters. The van der Waals surface area contributed by atoms with E-state index in [2.05, 4.69) is 23.1 Å². The molecule has 0 aromatic heterocycles. The van der Waals surface area contributed by atoms with Crippen LogP contribution in [0.5, 0.6) is 0 Å². The number of nitrogens with zero attached hydrogens (tertiary/aromatic N) is 2. The number of nitriles is 1. The van der Waals surface area contributed by atoms with E-state index >= 15 is 0 Å². The van der Waals surface area contributed by atoms with E-state index in [0.717, 1.165) is 13.0 Å². The summed E-state index contributed by atoms with van der Waals surface area (Å²) in [7, 11) is 0. The third-order valence-corrected chi connectivity index (χ3v) is 3.35. The molecule has 0 amide bonds. The highest BCUT2D eigenvalue weighted by Crippen LogP contribution is 2.24. The lowest BCUT2D eigenvalue weighted by molar-refractivity contribution is 0.140. The van der Waals surface area contributed by atoms with Gasteiger partial charge in [0.1, 0.15) is 0 Å². The lowest BCUT2D eigenvalue weighted by atomic mass is 9.95. The molecule has 0 bridgehead atoms. The van der Waals surface area contributed by atoms with Crippen molar-refractivity contribution in [2.45, 2.75) is 50.6 Å². The summed E-state index contributed by atoms with van der Waals surface area (Å²) < 4.78 is 0. The Kier molecular flexibility index (Phi) is 3.21. The number of piperidine rings is 1. The zero-order valence-corrected chi connectivity index (χ0v) is 8.65. The van der Waals surface area contributed by atoms with Gasteiger partial charge >= 0.3 is 0 Å². The molecule has 1 fully saturated rings. The van der Waals surface area contributed by atoms with Gasteiger partial charge in [-0.15, -0.1) is 0 Å². The Bertz CT molecular complexity index is 252. The van der Waals surface area contributed by atoms with Gasteiger partial charge in [-0.1, -0.05) is 12.2 Å². The van der Waals surface area contributed by atoms with Crippen molar-refractivity contribution in [1.29, 1.82) is 5.26 Å². The highest BCUT2D eigenvalue weighted by Gasteiger charge is 2.27. The van der Waals surface area contributed by atoms with Crippen LogP contribution in [0.15, 0.2) is 12.2 Å². The third kappa shape index (κ3) is 1.99. The number of rotatable bonds is 1. The van der Waals surface area contributed by atoms with Gasteiger partial charge in [-0.25, -0.2) is 0 Å². The zero-order valence-electron chi connectivity index (χ0n) is 8.65. The van der Waals surface area contributed by atoms with Gasteiger partial charge < -0.3 is 0 Å². The Hall–Kier alpha value is -0.810. The Labute approximate surface area is 86.2 Å². The van der Waals surface area contributed by atoms with Crippen LogP contribution >= 0.6 is 0 Å². The smallest absolute Gasteiger partial charge is 0.0982 e. The maximum absolute atomic E-state index is 9.08. The summed E-state index contributed by atoms with van der Waals surface area (Å²) in [6.07, 6.45) is 11.9. The molecule has 2 heteroatoms. The predicted octanol–water partition coefficient (Wildman–Crippen LogP) is 2.47. The fourth-order valence-corrected chi connectivity index (χ4v) is 2.56. The fraction of sp³-hybridized carbons (Fsp3) is 0.750. The molecular formula is C12H18N2. The van der Waals surface area contributed by atoms with Crippen molar-refractivity contribution in [2.75, 3.05) is 6.54 Å². The molecule has 0 aromatic rings. The molecule has 2 unspecified atom stereocenters. The minimum absolute atomic E-state index is 0.177. The van der Waals surface area contributed by atoms with Crippen molar-refractivity contribution < 1.29 is 0 Å². The topological polar surface area (TPSA) is 27.0 Å². The number of likely N-dealkylation sites (tertiary alicyclic amines) is 1. The SMILES string of the molecule is N#CC1CCCCN1C1C=CCCC1. The zero-order chi connectivity index (χ0) is 9.80. The van der Waals surface area contributed by atoms with Gasteiger partial charge in [-0.2, -0.15) is 5.26 Å². The maximum atomic E-state index is 9.08. The van der Waals surface area contributed by atoms with Crippen molar-refractivity contribution >= 4 is 0 Å². The maximum Gasteiger partial charge on any atom is 0.0982 e. The summed E-state index contributed by atoms with van der Waals surface area (Å²) in [5.41, 5.74) is 0. The van der Waals surface area contributed by atoms with Gasteiger partial charge in [-0.05, 0) is 45.1 Å². The minimum atomic E-state index is 0.177. The standard InChI is InChI=1S/C12H18N2/c13-10-12-8-4-5-9-14(12)11-6-2-1-3-7-11/h2,6,11-12H,1,3-5,7-9H2. The summed E-state index contributed by atoms with van der Waals surface area (Å²) in [6.45, 7) is 1.12. The van der Waals surface area contributed by atoms with Crippen LogP contribution in [0.3, 0.4) is 0 Å². The molecule has 0 spiro atoms. The summed E-state index contributed by atoms with van der Waals surface area (Å²) in [5, 5.41) is 9.08. The first-order chi connectivity index (χ1) is 6.92. The van der Waals surface area contributed by atoms with Crippen LogP contribution in [0.25, 0.3) is 0 Å².